The molecule has 1 aromatic heterocycles. The molecule has 0 atom stereocenters. The van der Waals surface area contributed by atoms with Crippen molar-refractivity contribution in [3.8, 4) is 0 Å². The number of hydrogen-bond donors (Lipinski definition) is 0. The molecule has 3 rings (SSSR count). The Hall–Kier alpha value is -0.860. The largest absolute Gasteiger partial charge is 0.299 e. The van der Waals surface area contributed by atoms with Crippen LogP contribution < -0.4 is 0 Å². The van der Waals surface area contributed by atoms with E-state index < -0.39 is 0 Å². The standard InChI is InChI=1S/C15H19NS/c1-12-5-6-14-13(11-17-15(14)9-12)10-16-7-3-2-4-8-16/h5-6,9,11H,2-4,7-8,10H2,1H3. The first-order valence-electron chi connectivity index (χ1n) is 6.52. The Morgan fingerprint density at radius 2 is 2.00 bits per heavy atom. The topological polar surface area (TPSA) is 3.24 Å². The highest BCUT2D eigenvalue weighted by Gasteiger charge is 2.12. The van der Waals surface area contributed by atoms with Gasteiger partial charge in [-0.05, 0) is 60.8 Å². The van der Waals surface area contributed by atoms with Crippen LogP contribution in [0, 0.1) is 6.92 Å². The summed E-state index contributed by atoms with van der Waals surface area (Å²) in [4.78, 5) is 2.60. The molecule has 2 aromatic rings. The van der Waals surface area contributed by atoms with Gasteiger partial charge in [-0.1, -0.05) is 18.6 Å². The van der Waals surface area contributed by atoms with Gasteiger partial charge in [0.1, 0.15) is 0 Å². The molecule has 0 bridgehead atoms. The molecule has 0 saturated carbocycles. The highest BCUT2D eigenvalue weighted by molar-refractivity contribution is 7.17. The van der Waals surface area contributed by atoms with E-state index in [1.165, 1.54) is 53.6 Å². The van der Waals surface area contributed by atoms with E-state index in [1.807, 2.05) is 11.3 Å². The summed E-state index contributed by atoms with van der Waals surface area (Å²) in [5, 5.41) is 3.81. The molecule has 1 aliphatic rings. The number of piperidine rings is 1. The van der Waals surface area contributed by atoms with Crippen LogP contribution in [-0.4, -0.2) is 18.0 Å². The van der Waals surface area contributed by atoms with E-state index in [0.717, 1.165) is 6.54 Å². The first-order valence-corrected chi connectivity index (χ1v) is 7.40. The molecule has 0 unspecified atom stereocenters. The van der Waals surface area contributed by atoms with Crippen molar-refractivity contribution >= 4 is 21.4 Å². The van der Waals surface area contributed by atoms with E-state index in [2.05, 4.69) is 35.4 Å². The summed E-state index contributed by atoms with van der Waals surface area (Å²) < 4.78 is 1.44. The third-order valence-corrected chi connectivity index (χ3v) is 4.65. The summed E-state index contributed by atoms with van der Waals surface area (Å²) in [5.41, 5.74) is 2.88. The van der Waals surface area contributed by atoms with E-state index in [4.69, 9.17) is 0 Å². The second-order valence-electron chi connectivity index (χ2n) is 5.10. The molecule has 1 nitrogen and oxygen atoms in total. The predicted molar refractivity (Wildman–Crippen MR) is 75.7 cm³/mol. The van der Waals surface area contributed by atoms with E-state index in [0.29, 0.717) is 0 Å². The summed E-state index contributed by atoms with van der Waals surface area (Å²) in [6, 6.07) is 6.83. The number of thiophene rings is 1. The average molecular weight is 245 g/mol. The molecule has 1 aliphatic heterocycles. The van der Waals surface area contributed by atoms with Crippen molar-refractivity contribution in [1.29, 1.82) is 0 Å². The summed E-state index contributed by atoms with van der Waals surface area (Å²) in [5.74, 6) is 0. The summed E-state index contributed by atoms with van der Waals surface area (Å²) in [7, 11) is 0. The summed E-state index contributed by atoms with van der Waals surface area (Å²) in [6.07, 6.45) is 4.17. The molecule has 0 spiro atoms. The molecule has 0 aliphatic carbocycles. The molecule has 2 heterocycles. The fourth-order valence-electron chi connectivity index (χ4n) is 2.67. The zero-order valence-electron chi connectivity index (χ0n) is 10.4. The Bertz CT molecular complexity index is 509. The van der Waals surface area contributed by atoms with Crippen LogP contribution in [-0.2, 0) is 6.54 Å². The predicted octanol–water partition coefficient (Wildman–Crippen LogP) is 4.20. The number of likely N-dealkylation sites (tertiary alicyclic amines) is 1. The fourth-order valence-corrected chi connectivity index (χ4v) is 3.72. The van der Waals surface area contributed by atoms with Crippen LogP contribution >= 0.6 is 11.3 Å². The van der Waals surface area contributed by atoms with Gasteiger partial charge in [-0.25, -0.2) is 0 Å². The Morgan fingerprint density at radius 3 is 2.82 bits per heavy atom. The van der Waals surface area contributed by atoms with E-state index >= 15 is 0 Å². The van der Waals surface area contributed by atoms with Crippen molar-refractivity contribution in [2.75, 3.05) is 13.1 Å². The maximum atomic E-state index is 2.60. The van der Waals surface area contributed by atoms with Crippen molar-refractivity contribution in [2.24, 2.45) is 0 Å². The van der Waals surface area contributed by atoms with E-state index in [9.17, 15) is 0 Å². The van der Waals surface area contributed by atoms with Crippen molar-refractivity contribution < 1.29 is 0 Å². The normalized spacial score (nSPS) is 17.7. The lowest BCUT2D eigenvalue weighted by Gasteiger charge is -2.26. The average Bonchev–Trinajstić information content (AvgIpc) is 2.73. The lowest BCUT2D eigenvalue weighted by Crippen LogP contribution is -2.28. The van der Waals surface area contributed by atoms with Crippen molar-refractivity contribution in [3.63, 3.8) is 0 Å². The van der Waals surface area contributed by atoms with Gasteiger partial charge in [-0.2, -0.15) is 0 Å². The second-order valence-corrected chi connectivity index (χ2v) is 6.01. The summed E-state index contributed by atoms with van der Waals surface area (Å²) >= 11 is 1.89. The zero-order chi connectivity index (χ0) is 11.7. The molecule has 0 amide bonds. The lowest BCUT2D eigenvalue weighted by atomic mass is 10.1. The molecule has 17 heavy (non-hydrogen) atoms. The Labute approximate surface area is 107 Å². The van der Waals surface area contributed by atoms with Gasteiger partial charge >= 0.3 is 0 Å². The second kappa shape index (κ2) is 4.79. The van der Waals surface area contributed by atoms with Crippen LogP contribution in [0.15, 0.2) is 23.6 Å². The minimum Gasteiger partial charge on any atom is -0.299 e. The van der Waals surface area contributed by atoms with Crippen molar-refractivity contribution in [2.45, 2.75) is 32.7 Å². The molecule has 1 fully saturated rings. The molecule has 0 N–H and O–H groups in total. The number of rotatable bonds is 2. The molecular formula is C15H19NS. The Kier molecular flexibility index (Phi) is 3.17. The Balaban J connectivity index is 1.84. The Morgan fingerprint density at radius 1 is 1.18 bits per heavy atom. The highest BCUT2D eigenvalue weighted by Crippen LogP contribution is 2.28. The van der Waals surface area contributed by atoms with Crippen molar-refractivity contribution in [1.82, 2.24) is 4.90 Å². The van der Waals surface area contributed by atoms with Gasteiger partial charge < -0.3 is 0 Å². The lowest BCUT2D eigenvalue weighted by molar-refractivity contribution is 0.222. The fraction of sp³-hybridized carbons (Fsp3) is 0.467. The smallest absolute Gasteiger partial charge is 0.0348 e. The first-order chi connectivity index (χ1) is 8.33. The minimum atomic E-state index is 1.14. The van der Waals surface area contributed by atoms with Crippen LogP contribution in [0.4, 0.5) is 0 Å². The maximum Gasteiger partial charge on any atom is 0.0348 e. The van der Waals surface area contributed by atoms with Gasteiger partial charge in [0.2, 0.25) is 0 Å². The van der Waals surface area contributed by atoms with Gasteiger partial charge in [0, 0.05) is 11.2 Å². The third kappa shape index (κ3) is 2.38. The van der Waals surface area contributed by atoms with E-state index in [-0.39, 0.29) is 0 Å². The van der Waals surface area contributed by atoms with Crippen LogP contribution in [0.2, 0.25) is 0 Å². The van der Waals surface area contributed by atoms with E-state index in [1.54, 1.807) is 0 Å². The number of aryl methyl sites for hydroxylation is 1. The zero-order valence-corrected chi connectivity index (χ0v) is 11.2. The van der Waals surface area contributed by atoms with Crippen LogP contribution in [0.25, 0.3) is 10.1 Å². The molecule has 1 saturated heterocycles. The van der Waals surface area contributed by atoms with Gasteiger partial charge in [0.05, 0.1) is 0 Å². The first kappa shape index (κ1) is 11.2. The molecule has 2 heteroatoms. The van der Waals surface area contributed by atoms with Gasteiger partial charge in [0.25, 0.3) is 0 Å². The van der Waals surface area contributed by atoms with Gasteiger partial charge in [-0.15, -0.1) is 11.3 Å². The molecular weight excluding hydrogens is 226 g/mol. The highest BCUT2D eigenvalue weighted by atomic mass is 32.1. The number of fused-ring (bicyclic) bond motifs is 1. The third-order valence-electron chi connectivity index (χ3n) is 3.65. The maximum absolute atomic E-state index is 2.60. The number of nitrogens with zero attached hydrogens (tertiary/aromatic N) is 1. The van der Waals surface area contributed by atoms with Crippen LogP contribution in [0.3, 0.4) is 0 Å². The monoisotopic (exact) mass is 245 g/mol. The van der Waals surface area contributed by atoms with Crippen LogP contribution in [0.1, 0.15) is 30.4 Å². The van der Waals surface area contributed by atoms with Crippen molar-refractivity contribution in [3.05, 3.63) is 34.7 Å². The minimum absolute atomic E-state index is 1.14. The number of hydrogen-bond acceptors (Lipinski definition) is 2. The SMILES string of the molecule is Cc1ccc2c(CN3CCCCC3)csc2c1. The molecule has 90 valence electrons. The van der Waals surface area contributed by atoms with Gasteiger partial charge in [-0.3, -0.25) is 4.90 Å². The number of benzene rings is 1. The quantitative estimate of drug-likeness (QED) is 0.766. The molecule has 1 aromatic carbocycles. The van der Waals surface area contributed by atoms with Crippen LogP contribution in [0.5, 0.6) is 0 Å². The van der Waals surface area contributed by atoms with Gasteiger partial charge in [0.15, 0.2) is 0 Å². The molecule has 0 radical (unpaired) electrons. The summed E-state index contributed by atoms with van der Waals surface area (Å²) in [6.45, 7) is 5.87.